The first kappa shape index (κ1) is 12.0. The molecule has 1 aromatic heterocycles. The molecule has 2 heterocycles. The van der Waals surface area contributed by atoms with Gasteiger partial charge in [0.1, 0.15) is 5.69 Å². The number of carbonyl (C=O) groups is 1. The number of halogens is 1. The lowest BCUT2D eigenvalue weighted by atomic mass is 10.2. The van der Waals surface area contributed by atoms with Crippen molar-refractivity contribution in [3.63, 3.8) is 0 Å². The van der Waals surface area contributed by atoms with E-state index in [0.29, 0.717) is 11.6 Å². The van der Waals surface area contributed by atoms with Gasteiger partial charge in [0.2, 0.25) is 5.88 Å². The maximum atomic E-state index is 11.0. The van der Waals surface area contributed by atoms with Crippen molar-refractivity contribution in [1.82, 2.24) is 4.98 Å². The van der Waals surface area contributed by atoms with Gasteiger partial charge < -0.3 is 10.1 Å². The van der Waals surface area contributed by atoms with E-state index in [1.165, 1.54) is 0 Å². The van der Waals surface area contributed by atoms with E-state index in [9.17, 15) is 4.79 Å². The molecule has 1 amide bonds. The van der Waals surface area contributed by atoms with Gasteiger partial charge in [-0.25, -0.2) is 4.98 Å². The number of anilines is 1. The van der Waals surface area contributed by atoms with E-state index in [1.807, 2.05) is 20.8 Å². The number of nitrogens with one attached hydrogen (secondary N) is 1. The van der Waals surface area contributed by atoms with Gasteiger partial charge in [-0.05, 0) is 28.4 Å². The van der Waals surface area contributed by atoms with Crippen LogP contribution in [0.1, 0.15) is 19.4 Å². The Morgan fingerprint density at radius 2 is 2.20 bits per heavy atom. The zero-order valence-corrected chi connectivity index (χ0v) is 10.5. The summed E-state index contributed by atoms with van der Waals surface area (Å²) in [5.41, 5.74) is 1.59. The first-order valence-corrected chi connectivity index (χ1v) is 5.55. The van der Waals surface area contributed by atoms with E-state index in [1.54, 1.807) is 6.20 Å². The zero-order chi connectivity index (χ0) is 11.4. The summed E-state index contributed by atoms with van der Waals surface area (Å²) in [7, 11) is 0. The van der Waals surface area contributed by atoms with Crippen molar-refractivity contribution < 1.29 is 9.53 Å². The zero-order valence-electron chi connectivity index (χ0n) is 8.93. The average molecular weight is 273 g/mol. The minimum atomic E-state index is -0.143. The number of ether oxygens (including phenoxy) is 1. The lowest BCUT2D eigenvalue weighted by Gasteiger charge is -2.18. The number of fused-ring (bicyclic) bond motifs is 1. The van der Waals surface area contributed by atoms with Gasteiger partial charge in [0.05, 0.1) is 0 Å². The number of rotatable bonds is 0. The van der Waals surface area contributed by atoms with E-state index in [0.717, 1.165) is 10.0 Å². The van der Waals surface area contributed by atoms with Crippen LogP contribution < -0.4 is 10.1 Å². The number of carbonyl (C=O) groups excluding carboxylic acids is 1. The third-order valence-corrected chi connectivity index (χ3v) is 2.65. The van der Waals surface area contributed by atoms with Gasteiger partial charge in [0, 0.05) is 10.7 Å². The summed E-state index contributed by atoms with van der Waals surface area (Å²) >= 11 is 3.32. The van der Waals surface area contributed by atoms with Crippen LogP contribution in [0.2, 0.25) is 0 Å². The molecule has 2 rings (SSSR count). The molecule has 0 spiro atoms. The van der Waals surface area contributed by atoms with Crippen LogP contribution in [-0.2, 0) is 4.79 Å². The molecule has 0 atom stereocenters. The molecule has 0 radical (unpaired) electrons. The third-order valence-electron chi connectivity index (χ3n) is 1.85. The number of nitrogens with zero attached hydrogens (tertiary/aromatic N) is 1. The predicted molar refractivity (Wildman–Crippen MR) is 62.1 cm³/mol. The van der Waals surface area contributed by atoms with E-state index in [-0.39, 0.29) is 12.5 Å². The Balaban J connectivity index is 0.000000531. The highest BCUT2D eigenvalue weighted by Gasteiger charge is 2.19. The Morgan fingerprint density at radius 3 is 2.87 bits per heavy atom. The van der Waals surface area contributed by atoms with E-state index in [2.05, 4.69) is 26.2 Å². The Morgan fingerprint density at radius 1 is 1.53 bits per heavy atom. The highest BCUT2D eigenvalue weighted by atomic mass is 79.9. The van der Waals surface area contributed by atoms with Gasteiger partial charge in [-0.1, -0.05) is 13.8 Å². The fraction of sp³-hybridized carbons (Fsp3) is 0.400. The second kappa shape index (κ2) is 5.11. The summed E-state index contributed by atoms with van der Waals surface area (Å²) in [5, 5.41) is 2.71. The first-order valence-electron chi connectivity index (χ1n) is 4.76. The van der Waals surface area contributed by atoms with Crippen LogP contribution in [0.5, 0.6) is 5.88 Å². The SMILES string of the molecule is CC.Cc1c(Br)cnc2c1NC(=O)CO2. The average Bonchev–Trinajstić information content (AvgIpc) is 2.27. The molecule has 1 aromatic rings. The molecule has 82 valence electrons. The molecular weight excluding hydrogens is 260 g/mol. The number of aromatic nitrogens is 1. The van der Waals surface area contributed by atoms with E-state index < -0.39 is 0 Å². The van der Waals surface area contributed by atoms with Crippen molar-refractivity contribution in [2.75, 3.05) is 11.9 Å². The van der Waals surface area contributed by atoms with Crippen molar-refractivity contribution >= 4 is 27.5 Å². The quantitative estimate of drug-likeness (QED) is 0.790. The van der Waals surface area contributed by atoms with E-state index in [4.69, 9.17) is 4.74 Å². The molecule has 0 saturated heterocycles. The summed E-state index contributed by atoms with van der Waals surface area (Å²) in [6.07, 6.45) is 1.66. The van der Waals surface area contributed by atoms with Crippen LogP contribution in [0, 0.1) is 6.92 Å². The molecule has 1 N–H and O–H groups in total. The predicted octanol–water partition coefficient (Wildman–Crippen LogP) is 2.51. The lowest BCUT2D eigenvalue weighted by molar-refractivity contribution is -0.118. The standard InChI is InChI=1S/C8H7BrN2O2.C2H6/c1-4-5(9)2-10-8-7(4)11-6(12)3-13-8;1-2/h2H,3H2,1H3,(H,11,12);1-2H3. The van der Waals surface area contributed by atoms with E-state index >= 15 is 0 Å². The third kappa shape index (κ3) is 2.47. The lowest BCUT2D eigenvalue weighted by Crippen LogP contribution is -2.26. The summed E-state index contributed by atoms with van der Waals surface area (Å²) in [4.78, 5) is 15.0. The first-order chi connectivity index (χ1) is 7.18. The molecule has 4 nitrogen and oxygen atoms in total. The minimum Gasteiger partial charge on any atom is -0.466 e. The summed E-state index contributed by atoms with van der Waals surface area (Å²) in [6, 6.07) is 0. The van der Waals surface area contributed by atoms with Gasteiger partial charge in [0.25, 0.3) is 5.91 Å². The van der Waals surface area contributed by atoms with Crippen molar-refractivity contribution in [1.29, 1.82) is 0 Å². The van der Waals surface area contributed by atoms with Gasteiger partial charge in [-0.2, -0.15) is 0 Å². The Kier molecular flexibility index (Phi) is 4.08. The summed E-state index contributed by atoms with van der Waals surface area (Å²) < 4.78 is 5.99. The molecule has 0 aliphatic carbocycles. The van der Waals surface area contributed by atoms with Crippen LogP contribution in [0.25, 0.3) is 0 Å². The highest BCUT2D eigenvalue weighted by molar-refractivity contribution is 9.10. The Labute approximate surface area is 97.2 Å². The van der Waals surface area contributed by atoms with Crippen LogP contribution in [-0.4, -0.2) is 17.5 Å². The maximum absolute atomic E-state index is 11.0. The smallest absolute Gasteiger partial charge is 0.262 e. The van der Waals surface area contributed by atoms with Crippen LogP contribution in [0.15, 0.2) is 10.7 Å². The number of hydrogen-bond donors (Lipinski definition) is 1. The van der Waals surface area contributed by atoms with Gasteiger partial charge in [0.15, 0.2) is 6.61 Å². The van der Waals surface area contributed by atoms with Gasteiger partial charge in [-0.3, -0.25) is 4.79 Å². The van der Waals surface area contributed by atoms with Gasteiger partial charge in [-0.15, -0.1) is 0 Å². The molecule has 5 heteroatoms. The molecule has 1 aliphatic heterocycles. The number of amides is 1. The van der Waals surface area contributed by atoms with Crippen LogP contribution >= 0.6 is 15.9 Å². The fourth-order valence-electron chi connectivity index (χ4n) is 1.12. The molecule has 15 heavy (non-hydrogen) atoms. The highest BCUT2D eigenvalue weighted by Crippen LogP contribution is 2.32. The second-order valence-corrected chi connectivity index (χ2v) is 3.60. The maximum Gasteiger partial charge on any atom is 0.262 e. The number of hydrogen-bond acceptors (Lipinski definition) is 3. The fourth-order valence-corrected chi connectivity index (χ4v) is 1.42. The Bertz CT molecular complexity index is 380. The molecule has 1 aliphatic rings. The summed E-state index contributed by atoms with van der Waals surface area (Å²) in [6.45, 7) is 5.93. The minimum absolute atomic E-state index is 0.0427. The molecule has 0 unspecified atom stereocenters. The second-order valence-electron chi connectivity index (χ2n) is 2.75. The topological polar surface area (TPSA) is 51.2 Å². The Hall–Kier alpha value is -1.10. The largest absolute Gasteiger partial charge is 0.466 e. The molecular formula is C10H13BrN2O2. The van der Waals surface area contributed by atoms with Crippen molar-refractivity contribution in [3.05, 3.63) is 16.2 Å². The van der Waals surface area contributed by atoms with Crippen molar-refractivity contribution in [2.24, 2.45) is 0 Å². The monoisotopic (exact) mass is 272 g/mol. The van der Waals surface area contributed by atoms with Crippen molar-refractivity contribution in [3.8, 4) is 5.88 Å². The molecule has 0 bridgehead atoms. The van der Waals surface area contributed by atoms with Crippen LogP contribution in [0.3, 0.4) is 0 Å². The summed E-state index contributed by atoms with van der Waals surface area (Å²) in [5.74, 6) is 0.343. The van der Waals surface area contributed by atoms with Crippen molar-refractivity contribution in [2.45, 2.75) is 20.8 Å². The molecule has 0 aromatic carbocycles. The van der Waals surface area contributed by atoms with Crippen LogP contribution in [0.4, 0.5) is 5.69 Å². The van der Waals surface area contributed by atoms with Gasteiger partial charge >= 0.3 is 0 Å². The number of pyridine rings is 1. The molecule has 0 fully saturated rings. The normalized spacial score (nSPS) is 12.9. The molecule has 0 saturated carbocycles.